The summed E-state index contributed by atoms with van der Waals surface area (Å²) in [5.41, 5.74) is 0. The predicted molar refractivity (Wildman–Crippen MR) is 79.7 cm³/mol. The predicted octanol–water partition coefficient (Wildman–Crippen LogP) is 5.22. The van der Waals surface area contributed by atoms with Gasteiger partial charge in [0.2, 0.25) is 0 Å². The van der Waals surface area contributed by atoms with Crippen molar-refractivity contribution < 1.29 is 49.4 Å². The van der Waals surface area contributed by atoms with E-state index in [-0.39, 0.29) is 36.6 Å². The SMILES string of the molecule is OCC(I)COCCCCCCC(F)(F)C(F)(F)C(F)(F)C(F)(F)F. The number of hydrogen-bond donors (Lipinski definition) is 1. The molecule has 0 aliphatic heterocycles. The third-order valence-corrected chi connectivity index (χ3v) is 3.99. The number of hydrogen-bond acceptors (Lipinski definition) is 2. The van der Waals surface area contributed by atoms with Crippen molar-refractivity contribution in [1.82, 2.24) is 0 Å². The van der Waals surface area contributed by atoms with Crippen molar-refractivity contribution in [2.24, 2.45) is 0 Å². The molecule has 0 spiro atoms. The van der Waals surface area contributed by atoms with Crippen molar-refractivity contribution in [1.29, 1.82) is 0 Å². The Kier molecular flexibility index (Phi) is 9.82. The van der Waals surface area contributed by atoms with Crippen LogP contribution in [0, 0.1) is 0 Å². The van der Waals surface area contributed by atoms with Crippen molar-refractivity contribution in [2.45, 2.75) is 60.0 Å². The Morgan fingerprint density at radius 1 is 0.800 bits per heavy atom. The van der Waals surface area contributed by atoms with Gasteiger partial charge in [0.05, 0.1) is 17.1 Å². The largest absolute Gasteiger partial charge is 0.460 e. The molecule has 12 heteroatoms. The van der Waals surface area contributed by atoms with Gasteiger partial charge in [-0.1, -0.05) is 35.4 Å². The number of aliphatic hydroxyl groups is 1. The van der Waals surface area contributed by atoms with Gasteiger partial charge in [0.15, 0.2) is 0 Å². The summed E-state index contributed by atoms with van der Waals surface area (Å²) in [4.78, 5) is 0. The lowest BCUT2D eigenvalue weighted by Gasteiger charge is -2.33. The van der Waals surface area contributed by atoms with Crippen LogP contribution in [0.2, 0.25) is 0 Å². The van der Waals surface area contributed by atoms with Crippen LogP contribution in [0.4, 0.5) is 39.5 Å². The van der Waals surface area contributed by atoms with E-state index in [9.17, 15) is 39.5 Å². The topological polar surface area (TPSA) is 29.5 Å². The summed E-state index contributed by atoms with van der Waals surface area (Å²) in [6.07, 6.45) is -8.63. The average Bonchev–Trinajstić information content (AvgIpc) is 2.47. The molecule has 0 radical (unpaired) electrons. The summed E-state index contributed by atoms with van der Waals surface area (Å²) in [6.45, 7) is 0.387. The molecule has 25 heavy (non-hydrogen) atoms. The van der Waals surface area contributed by atoms with Crippen LogP contribution >= 0.6 is 22.6 Å². The number of aliphatic hydroxyl groups excluding tert-OH is 1. The molecular formula is C13H18F9IO2. The van der Waals surface area contributed by atoms with Gasteiger partial charge in [0, 0.05) is 13.0 Å². The highest BCUT2D eigenvalue weighted by Crippen LogP contribution is 2.54. The first kappa shape index (κ1) is 25.0. The Morgan fingerprint density at radius 2 is 1.32 bits per heavy atom. The van der Waals surface area contributed by atoms with Crippen molar-refractivity contribution in [3.63, 3.8) is 0 Å². The summed E-state index contributed by atoms with van der Waals surface area (Å²) in [7, 11) is 0. The molecule has 0 amide bonds. The second-order valence-corrected chi connectivity index (χ2v) is 7.13. The summed E-state index contributed by atoms with van der Waals surface area (Å²) in [6, 6.07) is 0. The first-order valence-corrected chi connectivity index (χ1v) is 8.48. The van der Waals surface area contributed by atoms with Gasteiger partial charge < -0.3 is 9.84 Å². The van der Waals surface area contributed by atoms with Gasteiger partial charge in [-0.05, 0) is 12.8 Å². The van der Waals surface area contributed by atoms with E-state index in [4.69, 9.17) is 9.84 Å². The first-order valence-electron chi connectivity index (χ1n) is 7.23. The van der Waals surface area contributed by atoms with E-state index in [2.05, 4.69) is 0 Å². The zero-order valence-corrected chi connectivity index (χ0v) is 15.0. The molecule has 1 unspecified atom stereocenters. The third kappa shape index (κ3) is 6.92. The number of halogens is 10. The molecule has 0 saturated carbocycles. The number of ether oxygens (including phenoxy) is 1. The fraction of sp³-hybridized carbons (Fsp3) is 1.00. The summed E-state index contributed by atoms with van der Waals surface area (Å²) in [5, 5.41) is 8.71. The fourth-order valence-corrected chi connectivity index (χ4v) is 1.99. The van der Waals surface area contributed by atoms with E-state index in [1.807, 2.05) is 22.6 Å². The Hall–Kier alpha value is 0.0200. The van der Waals surface area contributed by atoms with Crippen molar-refractivity contribution >= 4 is 22.6 Å². The van der Waals surface area contributed by atoms with Crippen molar-refractivity contribution in [3.05, 3.63) is 0 Å². The van der Waals surface area contributed by atoms with Crippen LogP contribution < -0.4 is 0 Å². The third-order valence-electron chi connectivity index (χ3n) is 3.24. The van der Waals surface area contributed by atoms with E-state index >= 15 is 0 Å². The Balaban J connectivity index is 4.28. The summed E-state index contributed by atoms with van der Waals surface area (Å²) in [5.74, 6) is -18.8. The van der Waals surface area contributed by atoms with Crippen LogP contribution in [-0.2, 0) is 4.74 Å². The van der Waals surface area contributed by atoms with Crippen molar-refractivity contribution in [2.75, 3.05) is 19.8 Å². The molecular weight excluding hydrogens is 486 g/mol. The Bertz CT molecular complexity index is 388. The number of alkyl halides is 10. The van der Waals surface area contributed by atoms with E-state index in [0.29, 0.717) is 6.42 Å². The molecule has 1 atom stereocenters. The van der Waals surface area contributed by atoms with Crippen LogP contribution in [0.15, 0.2) is 0 Å². The lowest BCUT2D eigenvalue weighted by Crippen LogP contribution is -2.60. The maximum absolute atomic E-state index is 13.2. The Morgan fingerprint density at radius 3 is 1.80 bits per heavy atom. The van der Waals surface area contributed by atoms with Gasteiger partial charge in [0.1, 0.15) is 0 Å². The van der Waals surface area contributed by atoms with Crippen LogP contribution in [0.5, 0.6) is 0 Å². The smallest absolute Gasteiger partial charge is 0.395 e. The van der Waals surface area contributed by atoms with Gasteiger partial charge in [-0.25, -0.2) is 0 Å². The van der Waals surface area contributed by atoms with E-state index in [1.165, 1.54) is 0 Å². The van der Waals surface area contributed by atoms with Gasteiger partial charge in [-0.3, -0.25) is 0 Å². The molecule has 0 aromatic rings. The van der Waals surface area contributed by atoms with Crippen LogP contribution in [0.25, 0.3) is 0 Å². The molecule has 2 nitrogen and oxygen atoms in total. The molecule has 0 bridgehead atoms. The molecule has 152 valence electrons. The lowest BCUT2D eigenvalue weighted by atomic mass is 9.98. The highest BCUT2D eigenvalue weighted by molar-refractivity contribution is 14.1. The second-order valence-electron chi connectivity index (χ2n) is 5.37. The van der Waals surface area contributed by atoms with Crippen LogP contribution in [-0.4, -0.2) is 52.8 Å². The normalized spacial score (nSPS) is 15.5. The van der Waals surface area contributed by atoms with Crippen LogP contribution in [0.3, 0.4) is 0 Å². The fourth-order valence-electron chi connectivity index (χ4n) is 1.73. The quantitative estimate of drug-likeness (QED) is 0.171. The number of unbranched alkanes of at least 4 members (excludes halogenated alkanes) is 3. The van der Waals surface area contributed by atoms with Crippen LogP contribution in [0.1, 0.15) is 32.1 Å². The lowest BCUT2D eigenvalue weighted by molar-refractivity contribution is -0.396. The zero-order valence-electron chi connectivity index (χ0n) is 12.9. The zero-order chi connectivity index (χ0) is 19.9. The van der Waals surface area contributed by atoms with E-state index in [0.717, 1.165) is 0 Å². The molecule has 0 heterocycles. The highest BCUT2D eigenvalue weighted by atomic mass is 127. The highest BCUT2D eigenvalue weighted by Gasteiger charge is 2.81. The maximum atomic E-state index is 13.2. The van der Waals surface area contributed by atoms with Gasteiger partial charge in [-0.2, -0.15) is 39.5 Å². The molecule has 0 aliphatic carbocycles. The minimum atomic E-state index is -6.82. The minimum Gasteiger partial charge on any atom is -0.395 e. The first-order chi connectivity index (χ1) is 11.2. The minimum absolute atomic E-state index is 0.0553. The molecule has 0 aromatic heterocycles. The van der Waals surface area contributed by atoms with E-state index in [1.54, 1.807) is 0 Å². The van der Waals surface area contributed by atoms with Crippen molar-refractivity contribution in [3.8, 4) is 0 Å². The van der Waals surface area contributed by atoms with Gasteiger partial charge in [-0.15, -0.1) is 0 Å². The van der Waals surface area contributed by atoms with Gasteiger partial charge in [0.25, 0.3) is 0 Å². The monoisotopic (exact) mass is 504 g/mol. The summed E-state index contributed by atoms with van der Waals surface area (Å²) >= 11 is 1.94. The van der Waals surface area contributed by atoms with E-state index < -0.39 is 36.8 Å². The number of rotatable bonds is 12. The molecule has 0 saturated heterocycles. The average molecular weight is 504 g/mol. The summed E-state index contributed by atoms with van der Waals surface area (Å²) < 4.78 is 118. The van der Waals surface area contributed by atoms with Gasteiger partial charge >= 0.3 is 23.9 Å². The molecule has 0 aromatic carbocycles. The maximum Gasteiger partial charge on any atom is 0.460 e. The Labute approximate surface area is 152 Å². The standard InChI is InChI=1S/C13H18F9IO2/c14-10(15,11(16,17)12(18,19)13(20,21)22)5-3-1-2-4-6-25-8-9(23)7-24/h9,24H,1-8H2. The second kappa shape index (κ2) is 9.81. The molecule has 0 aliphatic rings. The molecule has 0 fully saturated rings. The molecule has 1 N–H and O–H groups in total. The molecule has 0 rings (SSSR count).